The summed E-state index contributed by atoms with van der Waals surface area (Å²) in [7, 11) is -10.1. The van der Waals surface area contributed by atoms with Gasteiger partial charge >= 0.3 is 10.3 Å². The first kappa shape index (κ1) is 18.6. The highest BCUT2D eigenvalue weighted by Crippen LogP contribution is 2.43. The minimum atomic E-state index is -5.18. The zero-order valence-electron chi connectivity index (χ0n) is 13.8. The number of aromatic nitrogens is 1. The first-order valence-electron chi connectivity index (χ1n) is 7.69. The van der Waals surface area contributed by atoms with Crippen molar-refractivity contribution in [1.82, 2.24) is 3.97 Å². The van der Waals surface area contributed by atoms with Gasteiger partial charge in [-0.2, -0.15) is 20.8 Å². The molecule has 0 saturated carbocycles. The Morgan fingerprint density at radius 2 is 1.64 bits per heavy atom. The van der Waals surface area contributed by atoms with Crippen molar-refractivity contribution in [2.75, 3.05) is 0 Å². The van der Waals surface area contributed by atoms with Crippen LogP contribution in [0, 0.1) is 0 Å². The van der Waals surface area contributed by atoms with Crippen molar-refractivity contribution in [3.63, 3.8) is 0 Å². The van der Waals surface area contributed by atoms with Crippen LogP contribution < -0.4 is 0 Å². The Balaban J connectivity index is 2.15. The number of aliphatic hydroxyl groups excluding tert-OH is 1. The molecular weight excluding hydrogens is 412 g/mol. The van der Waals surface area contributed by atoms with Gasteiger partial charge in [0.05, 0.1) is 22.5 Å². The van der Waals surface area contributed by atoms with E-state index in [1.807, 2.05) is 0 Å². The minimum Gasteiger partial charge on any atom is -0.493 e. The van der Waals surface area contributed by atoms with Crippen LogP contribution >= 0.6 is 0 Å². The maximum Gasteiger partial charge on any atom is 0.366 e. The molecule has 28 heavy (non-hydrogen) atoms. The molecule has 1 unspecified atom stereocenters. The van der Waals surface area contributed by atoms with Gasteiger partial charge < -0.3 is 10.2 Å². The average Bonchev–Trinajstić information content (AvgIpc) is 3.07. The number of aliphatic hydroxyl groups is 1. The van der Waals surface area contributed by atoms with Gasteiger partial charge in [0, 0.05) is 10.9 Å². The lowest BCUT2D eigenvalue weighted by atomic mass is 10.0. The molecule has 0 bridgehead atoms. The van der Waals surface area contributed by atoms with Crippen LogP contribution in [0.25, 0.3) is 10.9 Å². The molecule has 0 radical (unpaired) electrons. The van der Waals surface area contributed by atoms with Gasteiger partial charge in [0.25, 0.3) is 10.1 Å². The number of hydrogen-bond donors (Lipinski definition) is 4. The number of aromatic hydroxyl groups is 1. The number of fused-ring (bicyclic) bond motifs is 2. The average molecular weight is 424 g/mol. The van der Waals surface area contributed by atoms with Crippen molar-refractivity contribution >= 4 is 42.7 Å². The van der Waals surface area contributed by atoms with Crippen LogP contribution in [0.3, 0.4) is 0 Å². The van der Waals surface area contributed by atoms with Crippen LogP contribution in [0.2, 0.25) is 0 Å². The van der Waals surface area contributed by atoms with Gasteiger partial charge in [-0.3, -0.25) is 9.11 Å². The van der Waals surface area contributed by atoms with Crippen molar-refractivity contribution in [1.29, 1.82) is 0 Å². The summed E-state index contributed by atoms with van der Waals surface area (Å²) in [6, 6.07) is 9.86. The van der Waals surface area contributed by atoms with Crippen LogP contribution in [0.1, 0.15) is 17.2 Å². The number of benzene rings is 2. The Bertz CT molecular complexity index is 1390. The Hall–Kier alpha value is -2.77. The van der Waals surface area contributed by atoms with Crippen molar-refractivity contribution in [2.24, 2.45) is 4.99 Å². The summed E-state index contributed by atoms with van der Waals surface area (Å²) < 4.78 is 66.1. The quantitative estimate of drug-likeness (QED) is 0.458. The van der Waals surface area contributed by atoms with Gasteiger partial charge in [0.2, 0.25) is 5.88 Å². The minimum absolute atomic E-state index is 0.0288. The van der Waals surface area contributed by atoms with Crippen molar-refractivity contribution in [2.45, 2.75) is 11.0 Å². The number of hydrogen-bond acceptors (Lipinski definition) is 7. The molecule has 1 aromatic heterocycles. The summed E-state index contributed by atoms with van der Waals surface area (Å²) in [5.74, 6) is -1.06. The van der Waals surface area contributed by atoms with Gasteiger partial charge in [-0.1, -0.05) is 30.3 Å². The topological polar surface area (TPSA) is 166 Å². The van der Waals surface area contributed by atoms with Gasteiger partial charge in [0.15, 0.2) is 0 Å². The lowest BCUT2D eigenvalue weighted by Crippen LogP contribution is -2.13. The molecule has 3 aromatic rings. The Labute approximate surface area is 158 Å². The standard InChI is InChI=1S/C16H12N2O8S2/c19-15-8-4-1-2-6-10(8)17-13(15)12-9-5-3-7-11(27(21,22)23)14(9)18(16(12)20)28(24,25)26/h1-7,15,19-20H,(H,21,22,23)(H,24,25,26). The van der Waals surface area contributed by atoms with E-state index in [9.17, 15) is 36.2 Å². The molecule has 10 nitrogen and oxygen atoms in total. The molecule has 1 aliphatic rings. The van der Waals surface area contributed by atoms with E-state index in [1.165, 1.54) is 12.1 Å². The molecule has 4 N–H and O–H groups in total. The third kappa shape index (κ3) is 2.62. The fourth-order valence-corrected chi connectivity index (χ4v) is 4.79. The maximum absolute atomic E-state index is 11.9. The monoisotopic (exact) mass is 424 g/mol. The van der Waals surface area contributed by atoms with Crippen LogP contribution in [0.4, 0.5) is 5.69 Å². The second-order valence-electron chi connectivity index (χ2n) is 6.03. The smallest absolute Gasteiger partial charge is 0.366 e. The Kier molecular flexibility index (Phi) is 3.89. The number of para-hydroxylation sites is 2. The SMILES string of the molecule is O=S(=O)(O)c1cccc2c(C3=Nc4ccccc4C3O)c(O)n(S(=O)(=O)O)c12. The summed E-state index contributed by atoms with van der Waals surface area (Å²) in [5.41, 5.74) is -0.329. The summed E-state index contributed by atoms with van der Waals surface area (Å²) >= 11 is 0. The zero-order chi connectivity index (χ0) is 20.4. The van der Waals surface area contributed by atoms with E-state index in [1.54, 1.807) is 24.3 Å². The maximum atomic E-state index is 11.9. The lowest BCUT2D eigenvalue weighted by molar-refractivity contribution is 0.251. The fourth-order valence-electron chi connectivity index (χ4n) is 3.30. The van der Waals surface area contributed by atoms with E-state index in [-0.39, 0.29) is 20.6 Å². The fraction of sp³-hybridized carbons (Fsp3) is 0.0625. The zero-order valence-corrected chi connectivity index (χ0v) is 15.4. The second-order valence-corrected chi connectivity index (χ2v) is 8.68. The molecule has 12 heteroatoms. The third-order valence-electron chi connectivity index (χ3n) is 4.38. The first-order valence-corrected chi connectivity index (χ1v) is 10.5. The van der Waals surface area contributed by atoms with E-state index in [4.69, 9.17) is 0 Å². The molecule has 0 fully saturated rings. The molecule has 2 aromatic carbocycles. The third-order valence-corrected chi connectivity index (χ3v) is 6.09. The van der Waals surface area contributed by atoms with E-state index in [0.29, 0.717) is 11.3 Å². The van der Waals surface area contributed by atoms with Crippen LogP contribution in [0.15, 0.2) is 52.4 Å². The molecule has 1 aliphatic heterocycles. The van der Waals surface area contributed by atoms with E-state index in [0.717, 1.165) is 6.07 Å². The van der Waals surface area contributed by atoms with E-state index < -0.39 is 42.8 Å². The molecular formula is C16H12N2O8S2. The Morgan fingerprint density at radius 1 is 0.964 bits per heavy atom. The van der Waals surface area contributed by atoms with Gasteiger partial charge in [-0.15, -0.1) is 0 Å². The predicted molar refractivity (Wildman–Crippen MR) is 98.0 cm³/mol. The highest BCUT2D eigenvalue weighted by atomic mass is 32.2. The van der Waals surface area contributed by atoms with Gasteiger partial charge in [-0.05, 0) is 12.1 Å². The van der Waals surface area contributed by atoms with Crippen LogP contribution in [0.5, 0.6) is 5.88 Å². The van der Waals surface area contributed by atoms with Crippen LogP contribution in [-0.2, 0) is 20.4 Å². The summed E-state index contributed by atoms with van der Waals surface area (Å²) in [6.07, 6.45) is -1.34. The molecule has 2 heterocycles. The number of rotatable bonds is 3. The first-order chi connectivity index (χ1) is 13.0. The highest BCUT2D eigenvalue weighted by Gasteiger charge is 2.35. The van der Waals surface area contributed by atoms with Crippen molar-refractivity contribution in [3.8, 4) is 5.88 Å². The largest absolute Gasteiger partial charge is 0.493 e. The Morgan fingerprint density at radius 3 is 2.25 bits per heavy atom. The molecule has 4 rings (SSSR count). The molecule has 0 saturated heterocycles. The summed E-state index contributed by atoms with van der Waals surface area (Å²) in [5, 5.41) is 21.0. The van der Waals surface area contributed by atoms with E-state index in [2.05, 4.69) is 4.99 Å². The molecule has 1 atom stereocenters. The highest BCUT2D eigenvalue weighted by molar-refractivity contribution is 7.86. The van der Waals surface area contributed by atoms with E-state index >= 15 is 0 Å². The van der Waals surface area contributed by atoms with Gasteiger partial charge in [-0.25, -0.2) is 4.99 Å². The molecule has 146 valence electrons. The number of nitrogens with zero attached hydrogens (tertiary/aromatic N) is 2. The summed E-state index contributed by atoms with van der Waals surface area (Å²) in [6.45, 7) is 0. The van der Waals surface area contributed by atoms with Crippen LogP contribution in [-0.4, -0.2) is 45.8 Å². The normalized spacial score (nSPS) is 17.0. The summed E-state index contributed by atoms with van der Waals surface area (Å²) in [4.78, 5) is 3.35. The molecule has 0 amide bonds. The second kappa shape index (κ2) is 5.86. The molecule has 0 aliphatic carbocycles. The number of aliphatic imine (C=N–C) groups is 1. The van der Waals surface area contributed by atoms with Crippen molar-refractivity contribution < 1.29 is 36.2 Å². The molecule has 0 spiro atoms. The lowest BCUT2D eigenvalue weighted by Gasteiger charge is -2.08. The van der Waals surface area contributed by atoms with Crippen molar-refractivity contribution in [3.05, 3.63) is 53.6 Å². The van der Waals surface area contributed by atoms with Gasteiger partial charge in [0.1, 0.15) is 11.0 Å². The predicted octanol–water partition coefficient (Wildman–Crippen LogP) is 1.41.